The van der Waals surface area contributed by atoms with Gasteiger partial charge in [-0.3, -0.25) is 0 Å². The molecule has 0 spiro atoms. The van der Waals surface area contributed by atoms with Crippen LogP contribution in [-0.4, -0.2) is 24.6 Å². The summed E-state index contributed by atoms with van der Waals surface area (Å²) in [5.74, 6) is 0. The molecule has 1 aromatic rings. The maximum absolute atomic E-state index is 10.4. The Balaban J connectivity index is 3.29. The van der Waals surface area contributed by atoms with Crippen LogP contribution in [0.4, 0.5) is 0 Å². The Labute approximate surface area is 73.5 Å². The van der Waals surface area contributed by atoms with Crippen molar-refractivity contribution in [3.63, 3.8) is 0 Å². The molecule has 0 fully saturated rings. The summed E-state index contributed by atoms with van der Waals surface area (Å²) in [6, 6.07) is 6.59. The van der Waals surface area contributed by atoms with Gasteiger partial charge in [0, 0.05) is 0 Å². The maximum atomic E-state index is 10.4. The van der Waals surface area contributed by atoms with E-state index in [1.807, 2.05) is 0 Å². The van der Waals surface area contributed by atoms with Crippen LogP contribution in [0.3, 0.4) is 0 Å². The van der Waals surface area contributed by atoms with Gasteiger partial charge in [0.2, 0.25) is 0 Å². The minimum atomic E-state index is -5.79. The van der Waals surface area contributed by atoms with Crippen molar-refractivity contribution in [1.82, 2.24) is 0 Å². The molecule has 0 aliphatic carbocycles. The third-order valence-corrected chi connectivity index (χ3v) is 3.39. The van der Waals surface area contributed by atoms with Crippen LogP contribution >= 0.6 is 7.43 Å². The van der Waals surface area contributed by atoms with Gasteiger partial charge in [0.05, 0.1) is 0 Å². The van der Waals surface area contributed by atoms with Gasteiger partial charge in [-0.15, -0.1) is 0 Å². The van der Waals surface area contributed by atoms with E-state index in [2.05, 4.69) is 0 Å². The van der Waals surface area contributed by atoms with Crippen molar-refractivity contribution in [3.05, 3.63) is 35.2 Å². The Morgan fingerprint density at radius 2 is 1.54 bits per heavy atom. The molecule has 0 aliphatic heterocycles. The number of hydrogen-bond acceptors (Lipinski definition) is 4. The van der Waals surface area contributed by atoms with E-state index in [-0.39, 0.29) is 0 Å². The van der Waals surface area contributed by atoms with Crippen molar-refractivity contribution in [3.8, 4) is 0 Å². The van der Waals surface area contributed by atoms with E-state index in [9.17, 15) is 4.91 Å². The fourth-order valence-electron chi connectivity index (χ4n) is 0.793. The molecular weight excluding hydrogens is 197 g/mol. The molecule has 1 rings (SSSR count). The van der Waals surface area contributed by atoms with E-state index in [1.165, 1.54) is 12.1 Å². The van der Waals surface area contributed by atoms with Crippen molar-refractivity contribution in [2.75, 3.05) is 0 Å². The van der Waals surface area contributed by atoms with Gasteiger partial charge in [0.1, 0.15) is 0 Å². The second-order valence-corrected chi connectivity index (χ2v) is 5.26. The van der Waals surface area contributed by atoms with Crippen molar-refractivity contribution in [2.45, 2.75) is 0 Å². The number of hydrogen-bond donors (Lipinski definition) is 4. The summed E-state index contributed by atoms with van der Waals surface area (Å²) in [6.45, 7) is 0. The van der Waals surface area contributed by atoms with Crippen molar-refractivity contribution >= 4 is 12.7 Å². The standard InChI is InChI=1S/C6H9NO5P/c8-7(9)13(10,11,12)6-4-2-1-3-5-6/h1-5,10-12H,(H,8,9)/q+1. The second kappa shape index (κ2) is 2.71. The van der Waals surface area contributed by atoms with E-state index in [4.69, 9.17) is 19.9 Å². The van der Waals surface area contributed by atoms with Crippen LogP contribution in [0.15, 0.2) is 30.3 Å². The normalized spacial score (nSPS) is 14.5. The zero-order chi connectivity index (χ0) is 10.1. The molecule has 1 aromatic carbocycles. The summed E-state index contributed by atoms with van der Waals surface area (Å²) >= 11 is 0. The fourth-order valence-corrected chi connectivity index (χ4v) is 1.70. The van der Waals surface area contributed by atoms with Crippen LogP contribution in [0.2, 0.25) is 0 Å². The molecule has 0 aromatic heterocycles. The van der Waals surface area contributed by atoms with Gasteiger partial charge in [-0.1, -0.05) is 0 Å². The summed E-state index contributed by atoms with van der Waals surface area (Å²) in [7, 11) is -5.79. The Hall–Kier alpha value is -1.07. The first-order valence-electron chi connectivity index (χ1n) is 3.32. The van der Waals surface area contributed by atoms with Crippen LogP contribution in [0.25, 0.3) is 0 Å². The van der Waals surface area contributed by atoms with Gasteiger partial charge in [0.15, 0.2) is 0 Å². The fraction of sp³-hybridized carbons (Fsp3) is 0. The quantitative estimate of drug-likeness (QED) is 0.392. The molecule has 0 radical (unpaired) electrons. The molecule has 0 bridgehead atoms. The van der Waals surface area contributed by atoms with Crippen LogP contribution < -0.4 is 5.30 Å². The first-order valence-corrected chi connectivity index (χ1v) is 5.36. The molecule has 0 heterocycles. The van der Waals surface area contributed by atoms with Gasteiger partial charge >= 0.3 is 72.6 Å². The van der Waals surface area contributed by atoms with Crippen LogP contribution in [0.1, 0.15) is 0 Å². The first kappa shape index (κ1) is 10.0. The molecule has 0 atom stereocenters. The summed E-state index contributed by atoms with van der Waals surface area (Å²) in [5.41, 5.74) is 0. The topological polar surface area (TPSA) is 101 Å². The van der Waals surface area contributed by atoms with E-state index in [1.54, 1.807) is 6.07 Å². The first-order chi connectivity index (χ1) is 5.83. The Kier molecular flexibility index (Phi) is 2.09. The number of benzene rings is 1. The van der Waals surface area contributed by atoms with Crippen LogP contribution in [-0.2, 0) is 0 Å². The molecule has 6 nitrogen and oxygen atoms in total. The number of nitrogens with zero attached hydrogens (tertiary/aromatic N) is 1. The summed E-state index contributed by atoms with van der Waals surface area (Å²) in [5, 5.41) is 7.95. The molecular formula is C6H9NO5P+. The van der Waals surface area contributed by atoms with E-state index in [0.717, 1.165) is 12.1 Å². The second-order valence-electron chi connectivity index (χ2n) is 2.52. The monoisotopic (exact) mass is 206 g/mol. The van der Waals surface area contributed by atoms with E-state index >= 15 is 0 Å². The van der Waals surface area contributed by atoms with Gasteiger partial charge in [-0.2, -0.15) is 0 Å². The van der Waals surface area contributed by atoms with Crippen LogP contribution in [0, 0.1) is 4.91 Å². The van der Waals surface area contributed by atoms with E-state index < -0.39 is 17.4 Å². The predicted octanol–water partition coefficient (Wildman–Crippen LogP) is -0.330. The Morgan fingerprint density at radius 1 is 1.08 bits per heavy atom. The molecule has 0 saturated heterocycles. The average molecular weight is 206 g/mol. The average Bonchev–Trinajstić information content (AvgIpc) is 2.05. The van der Waals surface area contributed by atoms with Gasteiger partial charge in [-0.05, 0) is 0 Å². The Bertz CT molecular complexity index is 330. The van der Waals surface area contributed by atoms with Gasteiger partial charge in [0.25, 0.3) is 0 Å². The molecule has 72 valence electrons. The Morgan fingerprint density at radius 3 is 1.92 bits per heavy atom. The van der Waals surface area contributed by atoms with Gasteiger partial charge < -0.3 is 0 Å². The molecule has 0 unspecified atom stereocenters. The van der Waals surface area contributed by atoms with Crippen LogP contribution in [0.5, 0.6) is 0 Å². The molecule has 7 heteroatoms. The number of rotatable bonds is 2. The SMILES string of the molecule is O=[N+](O)P(O)(O)(O)c1ccccc1. The zero-order valence-electron chi connectivity index (χ0n) is 6.48. The van der Waals surface area contributed by atoms with Crippen molar-refractivity contribution in [2.24, 2.45) is 0 Å². The molecule has 0 aliphatic rings. The molecule has 13 heavy (non-hydrogen) atoms. The third kappa shape index (κ3) is 1.66. The minimum absolute atomic E-state index is 0.425. The van der Waals surface area contributed by atoms with Crippen molar-refractivity contribution < 1.29 is 24.6 Å². The molecule has 0 amide bonds. The summed E-state index contributed by atoms with van der Waals surface area (Å²) < 4.78 is -1.21. The molecule has 4 N–H and O–H groups in total. The van der Waals surface area contributed by atoms with Gasteiger partial charge in [-0.25, -0.2) is 0 Å². The summed E-state index contributed by atoms with van der Waals surface area (Å²) in [6.07, 6.45) is 0. The predicted molar refractivity (Wildman–Crippen MR) is 45.1 cm³/mol. The molecule has 0 saturated carbocycles. The zero-order valence-corrected chi connectivity index (χ0v) is 7.37. The van der Waals surface area contributed by atoms with E-state index in [0.29, 0.717) is 0 Å². The summed E-state index contributed by atoms with van der Waals surface area (Å²) in [4.78, 5) is 37.8. The third-order valence-electron chi connectivity index (χ3n) is 1.53. The van der Waals surface area contributed by atoms with Crippen molar-refractivity contribution in [1.29, 1.82) is 0 Å².